The standard InChI is InChI=1S/C16H19NO4S/c1-13(18)12-17(14-6-4-3-5-7-14)22(19,20)16-10-8-15(21-2)9-11-16/h3-11,13,18H,12H2,1-2H3/t13-/m1/s1. The molecule has 0 aromatic heterocycles. The van der Waals surface area contributed by atoms with E-state index in [1.54, 1.807) is 43.3 Å². The minimum Gasteiger partial charge on any atom is -0.497 e. The Balaban J connectivity index is 2.44. The SMILES string of the molecule is COc1ccc(S(=O)(=O)N(C[C@@H](C)O)c2ccccc2)cc1. The molecule has 0 heterocycles. The van der Waals surface area contributed by atoms with E-state index in [0.29, 0.717) is 11.4 Å². The summed E-state index contributed by atoms with van der Waals surface area (Å²) in [4.78, 5) is 0.151. The lowest BCUT2D eigenvalue weighted by Gasteiger charge is -2.25. The second kappa shape index (κ2) is 6.81. The van der Waals surface area contributed by atoms with Gasteiger partial charge < -0.3 is 9.84 Å². The topological polar surface area (TPSA) is 66.8 Å². The molecular formula is C16H19NO4S. The third-order valence-electron chi connectivity index (χ3n) is 3.12. The van der Waals surface area contributed by atoms with Gasteiger partial charge in [-0.3, -0.25) is 4.31 Å². The van der Waals surface area contributed by atoms with Gasteiger partial charge in [-0.25, -0.2) is 8.42 Å². The van der Waals surface area contributed by atoms with E-state index >= 15 is 0 Å². The minimum absolute atomic E-state index is 0.0155. The molecule has 0 saturated heterocycles. The van der Waals surface area contributed by atoms with Crippen molar-refractivity contribution in [3.05, 3.63) is 54.6 Å². The molecule has 1 N–H and O–H groups in total. The van der Waals surface area contributed by atoms with Crippen LogP contribution in [0.3, 0.4) is 0 Å². The van der Waals surface area contributed by atoms with E-state index in [0.717, 1.165) is 0 Å². The van der Waals surface area contributed by atoms with Crippen molar-refractivity contribution in [2.24, 2.45) is 0 Å². The number of sulfonamides is 1. The molecule has 6 heteroatoms. The number of aliphatic hydroxyl groups is 1. The number of para-hydroxylation sites is 1. The van der Waals surface area contributed by atoms with Gasteiger partial charge in [-0.15, -0.1) is 0 Å². The summed E-state index contributed by atoms with van der Waals surface area (Å²) in [6.07, 6.45) is -0.784. The maximum Gasteiger partial charge on any atom is 0.264 e. The number of aliphatic hydroxyl groups excluding tert-OH is 1. The molecule has 0 radical (unpaired) electrons. The van der Waals surface area contributed by atoms with Crippen LogP contribution in [0.4, 0.5) is 5.69 Å². The fourth-order valence-electron chi connectivity index (χ4n) is 2.05. The number of hydrogen-bond acceptors (Lipinski definition) is 4. The maximum absolute atomic E-state index is 12.8. The van der Waals surface area contributed by atoms with E-state index < -0.39 is 16.1 Å². The summed E-state index contributed by atoms with van der Waals surface area (Å²) >= 11 is 0. The van der Waals surface area contributed by atoms with Gasteiger partial charge in [0, 0.05) is 0 Å². The summed E-state index contributed by atoms with van der Waals surface area (Å²) in [5.41, 5.74) is 0.513. The Kier molecular flexibility index (Phi) is 5.05. The first kappa shape index (κ1) is 16.3. The zero-order valence-electron chi connectivity index (χ0n) is 12.5. The van der Waals surface area contributed by atoms with Crippen molar-refractivity contribution in [3.63, 3.8) is 0 Å². The van der Waals surface area contributed by atoms with Gasteiger partial charge in [-0.1, -0.05) is 18.2 Å². The highest BCUT2D eigenvalue weighted by atomic mass is 32.2. The fourth-order valence-corrected chi connectivity index (χ4v) is 3.60. The van der Waals surface area contributed by atoms with Gasteiger partial charge in [-0.05, 0) is 43.3 Å². The second-order valence-electron chi connectivity index (χ2n) is 4.90. The normalized spacial score (nSPS) is 12.7. The Morgan fingerprint density at radius 3 is 2.18 bits per heavy atom. The Morgan fingerprint density at radius 1 is 1.09 bits per heavy atom. The number of benzene rings is 2. The van der Waals surface area contributed by atoms with Crippen LogP contribution in [0, 0.1) is 0 Å². The van der Waals surface area contributed by atoms with Crippen molar-refractivity contribution >= 4 is 15.7 Å². The van der Waals surface area contributed by atoms with Crippen LogP contribution in [-0.4, -0.2) is 33.3 Å². The molecule has 1 atom stereocenters. The molecule has 0 aliphatic rings. The minimum atomic E-state index is -3.76. The smallest absolute Gasteiger partial charge is 0.264 e. The third kappa shape index (κ3) is 3.58. The van der Waals surface area contributed by atoms with Gasteiger partial charge in [-0.2, -0.15) is 0 Å². The van der Waals surface area contributed by atoms with Crippen LogP contribution in [0.15, 0.2) is 59.5 Å². The molecule has 5 nitrogen and oxygen atoms in total. The average molecular weight is 321 g/mol. The summed E-state index contributed by atoms with van der Waals surface area (Å²) in [5.74, 6) is 0.584. The van der Waals surface area contributed by atoms with Crippen molar-refractivity contribution in [1.82, 2.24) is 0 Å². The van der Waals surface area contributed by atoms with Crippen molar-refractivity contribution in [1.29, 1.82) is 0 Å². The van der Waals surface area contributed by atoms with Crippen LogP contribution in [0.5, 0.6) is 5.75 Å². The molecule has 0 saturated carbocycles. The van der Waals surface area contributed by atoms with E-state index in [1.807, 2.05) is 6.07 Å². The lowest BCUT2D eigenvalue weighted by Crippen LogP contribution is -2.36. The molecule has 2 aromatic carbocycles. The first-order valence-electron chi connectivity index (χ1n) is 6.85. The van der Waals surface area contributed by atoms with Gasteiger partial charge >= 0.3 is 0 Å². The molecule has 0 aliphatic heterocycles. The van der Waals surface area contributed by atoms with Crippen molar-refractivity contribution in [3.8, 4) is 5.75 Å². The molecular weight excluding hydrogens is 302 g/mol. The summed E-state index contributed by atoms with van der Waals surface area (Å²) in [7, 11) is -2.24. The molecule has 118 valence electrons. The maximum atomic E-state index is 12.8. The number of hydrogen-bond donors (Lipinski definition) is 1. The third-order valence-corrected chi connectivity index (χ3v) is 4.93. The highest BCUT2D eigenvalue weighted by Gasteiger charge is 2.26. The predicted octanol–water partition coefficient (Wildman–Crippen LogP) is 2.27. The molecule has 2 aromatic rings. The first-order chi connectivity index (χ1) is 10.4. The van der Waals surface area contributed by atoms with Gasteiger partial charge in [0.15, 0.2) is 0 Å². The lowest BCUT2D eigenvalue weighted by molar-refractivity contribution is 0.204. The number of anilines is 1. The summed E-state index contributed by atoms with van der Waals surface area (Å²) < 4.78 is 31.9. The van der Waals surface area contributed by atoms with Crippen LogP contribution in [-0.2, 0) is 10.0 Å². The van der Waals surface area contributed by atoms with Crippen LogP contribution < -0.4 is 9.04 Å². The Morgan fingerprint density at radius 2 is 1.68 bits per heavy atom. The number of ether oxygens (including phenoxy) is 1. The largest absolute Gasteiger partial charge is 0.497 e. The number of nitrogens with zero attached hydrogens (tertiary/aromatic N) is 1. The second-order valence-corrected chi connectivity index (χ2v) is 6.76. The Hall–Kier alpha value is -2.05. The summed E-state index contributed by atoms with van der Waals surface area (Å²) in [5, 5.41) is 9.65. The molecule has 0 aliphatic carbocycles. The van der Waals surface area contributed by atoms with Crippen LogP contribution >= 0.6 is 0 Å². The van der Waals surface area contributed by atoms with Crippen molar-refractivity contribution in [2.45, 2.75) is 17.9 Å². The predicted molar refractivity (Wildman–Crippen MR) is 85.6 cm³/mol. The highest BCUT2D eigenvalue weighted by molar-refractivity contribution is 7.92. The molecule has 22 heavy (non-hydrogen) atoms. The van der Waals surface area contributed by atoms with Crippen LogP contribution in [0.2, 0.25) is 0 Å². The monoisotopic (exact) mass is 321 g/mol. The lowest BCUT2D eigenvalue weighted by atomic mass is 10.3. The zero-order valence-corrected chi connectivity index (χ0v) is 13.3. The quantitative estimate of drug-likeness (QED) is 0.886. The first-order valence-corrected chi connectivity index (χ1v) is 8.29. The Labute approximate surface area is 130 Å². The molecule has 0 bridgehead atoms. The molecule has 0 spiro atoms. The zero-order chi connectivity index (χ0) is 16.2. The van der Waals surface area contributed by atoms with E-state index in [2.05, 4.69) is 0 Å². The van der Waals surface area contributed by atoms with E-state index in [-0.39, 0.29) is 11.4 Å². The summed E-state index contributed by atoms with van der Waals surface area (Å²) in [6, 6.07) is 14.9. The van der Waals surface area contributed by atoms with Gasteiger partial charge in [0.05, 0.1) is 30.3 Å². The molecule has 0 unspecified atom stereocenters. The Bertz CT molecular complexity index is 697. The number of methoxy groups -OCH3 is 1. The van der Waals surface area contributed by atoms with E-state index in [9.17, 15) is 13.5 Å². The summed E-state index contributed by atoms with van der Waals surface area (Å²) in [6.45, 7) is 1.54. The van der Waals surface area contributed by atoms with Gasteiger partial charge in [0.1, 0.15) is 5.75 Å². The molecule has 0 amide bonds. The number of rotatable bonds is 6. The van der Waals surface area contributed by atoms with Crippen molar-refractivity contribution in [2.75, 3.05) is 18.0 Å². The fraction of sp³-hybridized carbons (Fsp3) is 0.250. The van der Waals surface area contributed by atoms with Crippen LogP contribution in [0.25, 0.3) is 0 Å². The average Bonchev–Trinajstić information content (AvgIpc) is 2.53. The van der Waals surface area contributed by atoms with Crippen LogP contribution in [0.1, 0.15) is 6.92 Å². The van der Waals surface area contributed by atoms with Gasteiger partial charge in [0.2, 0.25) is 0 Å². The van der Waals surface area contributed by atoms with E-state index in [4.69, 9.17) is 4.74 Å². The van der Waals surface area contributed by atoms with Gasteiger partial charge in [0.25, 0.3) is 10.0 Å². The highest BCUT2D eigenvalue weighted by Crippen LogP contribution is 2.25. The molecule has 0 fully saturated rings. The molecule has 2 rings (SSSR count). The van der Waals surface area contributed by atoms with Crippen molar-refractivity contribution < 1.29 is 18.3 Å². The van der Waals surface area contributed by atoms with E-state index in [1.165, 1.54) is 23.5 Å².